The molecule has 1 aromatic rings. The average molecular weight is 256 g/mol. The lowest BCUT2D eigenvalue weighted by molar-refractivity contribution is 0.277. The van der Waals surface area contributed by atoms with Gasteiger partial charge in [-0.25, -0.2) is 4.99 Å². The normalized spacial score (nSPS) is 17.3. The molecule has 0 amide bonds. The number of piperidine rings is 1. The summed E-state index contributed by atoms with van der Waals surface area (Å²) in [6, 6.07) is 9.57. The summed E-state index contributed by atoms with van der Waals surface area (Å²) >= 11 is 0. The zero-order valence-electron chi connectivity index (χ0n) is 11.3. The molecule has 0 saturated carbocycles. The molecular weight excluding hydrogens is 236 g/mol. The minimum atomic E-state index is 0.573. The van der Waals surface area contributed by atoms with Gasteiger partial charge in [0.15, 0.2) is 5.96 Å². The molecule has 0 atom stereocenters. The Morgan fingerprint density at radius 3 is 2.58 bits per heavy atom. The number of hydrogen-bond acceptors (Lipinski definition) is 2. The summed E-state index contributed by atoms with van der Waals surface area (Å²) in [6.45, 7) is 4.86. The molecule has 0 spiro atoms. The van der Waals surface area contributed by atoms with Gasteiger partial charge < -0.3 is 10.6 Å². The van der Waals surface area contributed by atoms with Crippen molar-refractivity contribution in [3.63, 3.8) is 0 Å². The van der Waals surface area contributed by atoms with E-state index in [1.807, 2.05) is 24.3 Å². The topological polar surface area (TPSA) is 65.4 Å². The van der Waals surface area contributed by atoms with Crippen LogP contribution in [-0.2, 0) is 6.54 Å². The molecule has 0 bridgehead atoms. The predicted molar refractivity (Wildman–Crippen MR) is 76.5 cm³/mol. The van der Waals surface area contributed by atoms with Crippen LogP contribution in [0.2, 0.25) is 0 Å². The Labute approximate surface area is 114 Å². The fourth-order valence-corrected chi connectivity index (χ4v) is 2.19. The van der Waals surface area contributed by atoms with Crippen molar-refractivity contribution in [2.75, 3.05) is 13.1 Å². The zero-order valence-corrected chi connectivity index (χ0v) is 11.3. The Morgan fingerprint density at radius 2 is 2.00 bits per heavy atom. The second-order valence-electron chi connectivity index (χ2n) is 5.15. The Balaban J connectivity index is 1.92. The van der Waals surface area contributed by atoms with Gasteiger partial charge in [0.1, 0.15) is 0 Å². The van der Waals surface area contributed by atoms with Crippen molar-refractivity contribution in [2.24, 2.45) is 16.6 Å². The highest BCUT2D eigenvalue weighted by molar-refractivity contribution is 5.78. The van der Waals surface area contributed by atoms with Crippen LogP contribution in [-0.4, -0.2) is 23.9 Å². The molecular formula is C15H20N4. The van der Waals surface area contributed by atoms with E-state index < -0.39 is 0 Å². The lowest BCUT2D eigenvalue weighted by Crippen LogP contribution is -2.42. The van der Waals surface area contributed by atoms with Gasteiger partial charge in [-0.15, -0.1) is 0 Å². The average Bonchev–Trinajstić information content (AvgIpc) is 2.46. The van der Waals surface area contributed by atoms with Crippen molar-refractivity contribution in [1.29, 1.82) is 5.26 Å². The van der Waals surface area contributed by atoms with Crippen molar-refractivity contribution in [2.45, 2.75) is 26.3 Å². The van der Waals surface area contributed by atoms with E-state index in [9.17, 15) is 0 Å². The van der Waals surface area contributed by atoms with E-state index in [1.165, 1.54) is 12.8 Å². The van der Waals surface area contributed by atoms with Gasteiger partial charge in [-0.05, 0) is 36.5 Å². The van der Waals surface area contributed by atoms with E-state index in [0.717, 1.165) is 24.6 Å². The molecule has 0 unspecified atom stereocenters. The second kappa shape index (κ2) is 6.24. The molecule has 1 heterocycles. The predicted octanol–water partition coefficient (Wildman–Crippen LogP) is 2.10. The van der Waals surface area contributed by atoms with Gasteiger partial charge >= 0.3 is 0 Å². The third-order valence-corrected chi connectivity index (χ3v) is 3.61. The van der Waals surface area contributed by atoms with Gasteiger partial charge in [-0.3, -0.25) is 0 Å². The maximum absolute atomic E-state index is 8.73. The standard InChI is InChI=1S/C15H20N4/c1-12-6-8-19(9-7-12)15(17)18-11-14-4-2-13(10-16)3-5-14/h2-5,12H,6-9,11H2,1H3,(H2,17,18). The summed E-state index contributed by atoms with van der Waals surface area (Å²) in [4.78, 5) is 6.59. The molecule has 1 aliphatic rings. The summed E-state index contributed by atoms with van der Waals surface area (Å²) < 4.78 is 0. The van der Waals surface area contributed by atoms with Crippen LogP contribution in [0.1, 0.15) is 30.9 Å². The first-order chi connectivity index (χ1) is 9.19. The number of nitriles is 1. The van der Waals surface area contributed by atoms with Crippen LogP contribution in [0.15, 0.2) is 29.3 Å². The first-order valence-electron chi connectivity index (χ1n) is 6.73. The van der Waals surface area contributed by atoms with E-state index in [-0.39, 0.29) is 0 Å². The van der Waals surface area contributed by atoms with Crippen LogP contribution < -0.4 is 5.73 Å². The molecule has 4 heteroatoms. The highest BCUT2D eigenvalue weighted by Gasteiger charge is 2.16. The molecule has 100 valence electrons. The summed E-state index contributed by atoms with van der Waals surface area (Å²) in [5, 5.41) is 8.73. The molecule has 1 fully saturated rings. The first-order valence-corrected chi connectivity index (χ1v) is 6.73. The van der Waals surface area contributed by atoms with Crippen LogP contribution in [0.4, 0.5) is 0 Å². The lowest BCUT2D eigenvalue weighted by atomic mass is 10.00. The summed E-state index contributed by atoms with van der Waals surface area (Å²) in [6.07, 6.45) is 2.38. The maximum atomic E-state index is 8.73. The Bertz CT molecular complexity index is 476. The van der Waals surface area contributed by atoms with Gasteiger partial charge in [-0.2, -0.15) is 5.26 Å². The van der Waals surface area contributed by atoms with Crippen LogP contribution in [0.3, 0.4) is 0 Å². The molecule has 0 aromatic heterocycles. The van der Waals surface area contributed by atoms with E-state index in [1.54, 1.807) is 0 Å². The molecule has 4 nitrogen and oxygen atoms in total. The molecule has 2 rings (SSSR count). The molecule has 0 radical (unpaired) electrons. The Morgan fingerprint density at radius 1 is 1.37 bits per heavy atom. The number of benzene rings is 1. The highest BCUT2D eigenvalue weighted by atomic mass is 15.3. The van der Waals surface area contributed by atoms with E-state index in [0.29, 0.717) is 18.1 Å². The van der Waals surface area contributed by atoms with Gasteiger partial charge in [-0.1, -0.05) is 19.1 Å². The van der Waals surface area contributed by atoms with Crippen LogP contribution in [0, 0.1) is 17.2 Å². The van der Waals surface area contributed by atoms with Gasteiger partial charge in [0, 0.05) is 13.1 Å². The van der Waals surface area contributed by atoms with E-state index in [2.05, 4.69) is 22.9 Å². The second-order valence-corrected chi connectivity index (χ2v) is 5.15. The van der Waals surface area contributed by atoms with E-state index in [4.69, 9.17) is 11.0 Å². The number of rotatable bonds is 2. The fraction of sp³-hybridized carbons (Fsp3) is 0.467. The maximum Gasteiger partial charge on any atom is 0.191 e. The van der Waals surface area contributed by atoms with Crippen LogP contribution in [0.5, 0.6) is 0 Å². The summed E-state index contributed by atoms with van der Waals surface area (Å²) in [7, 11) is 0. The van der Waals surface area contributed by atoms with Crippen molar-refractivity contribution in [3.8, 4) is 6.07 Å². The number of aliphatic imine (C=N–C) groups is 1. The largest absolute Gasteiger partial charge is 0.370 e. The van der Waals surface area contributed by atoms with Gasteiger partial charge in [0.2, 0.25) is 0 Å². The third kappa shape index (κ3) is 3.72. The van der Waals surface area contributed by atoms with E-state index >= 15 is 0 Å². The zero-order chi connectivity index (χ0) is 13.7. The lowest BCUT2D eigenvalue weighted by Gasteiger charge is -2.31. The highest BCUT2D eigenvalue weighted by Crippen LogP contribution is 2.15. The quantitative estimate of drug-likeness (QED) is 0.651. The minimum Gasteiger partial charge on any atom is -0.370 e. The molecule has 1 aromatic carbocycles. The molecule has 2 N–H and O–H groups in total. The van der Waals surface area contributed by atoms with Crippen molar-refractivity contribution < 1.29 is 0 Å². The number of likely N-dealkylation sites (tertiary alicyclic amines) is 1. The number of nitrogens with two attached hydrogens (primary N) is 1. The molecule has 0 aliphatic carbocycles. The van der Waals surface area contributed by atoms with Gasteiger partial charge in [0.25, 0.3) is 0 Å². The number of guanidine groups is 1. The number of nitrogens with zero attached hydrogens (tertiary/aromatic N) is 3. The van der Waals surface area contributed by atoms with Crippen LogP contribution in [0.25, 0.3) is 0 Å². The molecule has 1 aliphatic heterocycles. The number of hydrogen-bond donors (Lipinski definition) is 1. The smallest absolute Gasteiger partial charge is 0.191 e. The Kier molecular flexibility index (Phi) is 4.40. The molecule has 19 heavy (non-hydrogen) atoms. The fourth-order valence-electron chi connectivity index (χ4n) is 2.19. The first kappa shape index (κ1) is 13.4. The molecule has 1 saturated heterocycles. The SMILES string of the molecule is CC1CCN(C(N)=NCc2ccc(C#N)cc2)CC1. The Hall–Kier alpha value is -2.02. The van der Waals surface area contributed by atoms with Crippen molar-refractivity contribution in [1.82, 2.24) is 4.90 Å². The summed E-state index contributed by atoms with van der Waals surface area (Å²) in [5.74, 6) is 1.43. The van der Waals surface area contributed by atoms with Crippen molar-refractivity contribution >= 4 is 5.96 Å². The summed E-state index contributed by atoms with van der Waals surface area (Å²) in [5.41, 5.74) is 7.77. The monoisotopic (exact) mass is 256 g/mol. The van der Waals surface area contributed by atoms with Gasteiger partial charge in [0.05, 0.1) is 18.2 Å². The third-order valence-electron chi connectivity index (χ3n) is 3.61. The van der Waals surface area contributed by atoms with Crippen molar-refractivity contribution in [3.05, 3.63) is 35.4 Å². The minimum absolute atomic E-state index is 0.573. The van der Waals surface area contributed by atoms with Crippen LogP contribution >= 0.6 is 0 Å².